The van der Waals surface area contributed by atoms with Gasteiger partial charge in [-0.2, -0.15) is 5.26 Å². The summed E-state index contributed by atoms with van der Waals surface area (Å²) < 4.78 is 0. The van der Waals surface area contributed by atoms with E-state index in [0.29, 0.717) is 11.6 Å². The number of nitriles is 1. The molecule has 0 aliphatic carbocycles. The van der Waals surface area contributed by atoms with E-state index in [0.717, 1.165) is 0 Å². The van der Waals surface area contributed by atoms with Crippen LogP contribution in [-0.4, -0.2) is 29.4 Å². The van der Waals surface area contributed by atoms with Gasteiger partial charge in [0, 0.05) is 5.02 Å². The van der Waals surface area contributed by atoms with Crippen molar-refractivity contribution in [2.45, 2.75) is 6.04 Å². The second-order valence-corrected chi connectivity index (χ2v) is 4.52. The Labute approximate surface area is 113 Å². The first-order chi connectivity index (χ1) is 8.52. The highest BCUT2D eigenvalue weighted by atomic mass is 35.5. The number of rotatable bonds is 1. The number of carbonyl (C=O) groups is 2. The minimum Gasteiger partial charge on any atom is -0.303 e. The van der Waals surface area contributed by atoms with Gasteiger partial charge in [0.25, 0.3) is 5.91 Å². The van der Waals surface area contributed by atoms with Crippen molar-refractivity contribution < 1.29 is 9.59 Å². The standard InChI is InChI=1S/C11H7Cl2N3O2/c12-6-1-2-8(9(13)3-6)10(17)15-11(18)16-5-7(16)4-14/h1-3,7H,5H2,(H,15,17,18). The van der Waals surface area contributed by atoms with E-state index in [2.05, 4.69) is 5.32 Å². The van der Waals surface area contributed by atoms with Crippen LogP contribution in [0.5, 0.6) is 0 Å². The summed E-state index contributed by atoms with van der Waals surface area (Å²) >= 11 is 11.5. The average molecular weight is 284 g/mol. The topological polar surface area (TPSA) is 73.0 Å². The lowest BCUT2D eigenvalue weighted by atomic mass is 10.2. The van der Waals surface area contributed by atoms with Crippen LogP contribution < -0.4 is 5.32 Å². The van der Waals surface area contributed by atoms with Crippen LogP contribution >= 0.6 is 23.2 Å². The minimum absolute atomic E-state index is 0.157. The van der Waals surface area contributed by atoms with E-state index < -0.39 is 18.0 Å². The summed E-state index contributed by atoms with van der Waals surface area (Å²) in [5, 5.41) is 11.3. The molecule has 0 radical (unpaired) electrons. The molecule has 2 rings (SSSR count). The van der Waals surface area contributed by atoms with Crippen molar-refractivity contribution in [2.24, 2.45) is 0 Å². The molecular formula is C11H7Cl2N3O2. The quantitative estimate of drug-likeness (QED) is 0.802. The third-order valence-electron chi connectivity index (χ3n) is 2.42. The molecule has 92 valence electrons. The highest BCUT2D eigenvalue weighted by Gasteiger charge is 2.39. The van der Waals surface area contributed by atoms with Gasteiger partial charge >= 0.3 is 6.03 Å². The molecule has 0 spiro atoms. The Hall–Kier alpha value is -1.77. The Bertz CT molecular complexity index is 568. The maximum Gasteiger partial charge on any atom is 0.325 e. The number of benzene rings is 1. The van der Waals surface area contributed by atoms with Gasteiger partial charge in [-0.3, -0.25) is 10.1 Å². The molecule has 1 N–H and O–H groups in total. The molecule has 3 amide bonds. The average Bonchev–Trinajstić information content (AvgIpc) is 3.07. The zero-order chi connectivity index (χ0) is 13.3. The zero-order valence-corrected chi connectivity index (χ0v) is 10.5. The fourth-order valence-corrected chi connectivity index (χ4v) is 1.88. The minimum atomic E-state index is -0.620. The first kappa shape index (κ1) is 12.7. The largest absolute Gasteiger partial charge is 0.325 e. The van der Waals surface area contributed by atoms with Crippen LogP contribution in [0.2, 0.25) is 10.0 Å². The number of hydrogen-bond acceptors (Lipinski definition) is 3. The third-order valence-corrected chi connectivity index (χ3v) is 2.97. The number of carbonyl (C=O) groups excluding carboxylic acids is 2. The first-order valence-corrected chi connectivity index (χ1v) is 5.75. The lowest BCUT2D eigenvalue weighted by Crippen LogP contribution is -2.35. The van der Waals surface area contributed by atoms with Crippen molar-refractivity contribution in [2.75, 3.05) is 6.54 Å². The van der Waals surface area contributed by atoms with Crippen LogP contribution in [-0.2, 0) is 0 Å². The van der Waals surface area contributed by atoms with Crippen LogP contribution in [0, 0.1) is 11.3 Å². The van der Waals surface area contributed by atoms with Gasteiger partial charge in [-0.05, 0) is 18.2 Å². The Kier molecular flexibility index (Phi) is 3.41. The Morgan fingerprint density at radius 2 is 2.17 bits per heavy atom. The van der Waals surface area contributed by atoms with Crippen molar-refractivity contribution in [3.8, 4) is 6.07 Å². The highest BCUT2D eigenvalue weighted by molar-refractivity contribution is 6.37. The third kappa shape index (κ3) is 2.55. The lowest BCUT2D eigenvalue weighted by molar-refractivity contribution is 0.0960. The summed E-state index contributed by atoms with van der Waals surface area (Å²) in [4.78, 5) is 24.5. The highest BCUT2D eigenvalue weighted by Crippen LogP contribution is 2.21. The van der Waals surface area contributed by atoms with E-state index >= 15 is 0 Å². The summed E-state index contributed by atoms with van der Waals surface area (Å²) in [7, 11) is 0. The van der Waals surface area contributed by atoms with Crippen LogP contribution in [0.1, 0.15) is 10.4 Å². The summed E-state index contributed by atoms with van der Waals surface area (Å²) in [6.45, 7) is 0.337. The predicted octanol–water partition coefficient (Wildman–Crippen LogP) is 2.05. The van der Waals surface area contributed by atoms with Crippen LogP contribution in [0.3, 0.4) is 0 Å². The monoisotopic (exact) mass is 283 g/mol. The van der Waals surface area contributed by atoms with Crippen molar-refractivity contribution in [3.63, 3.8) is 0 Å². The fraction of sp³-hybridized carbons (Fsp3) is 0.182. The molecule has 1 aromatic carbocycles. The molecule has 1 saturated heterocycles. The molecule has 1 unspecified atom stereocenters. The number of nitrogens with one attached hydrogen (secondary N) is 1. The van der Waals surface area contributed by atoms with E-state index in [4.69, 9.17) is 28.5 Å². The smallest absolute Gasteiger partial charge is 0.303 e. The number of hydrogen-bond donors (Lipinski definition) is 1. The predicted molar refractivity (Wildman–Crippen MR) is 65.4 cm³/mol. The molecule has 1 atom stereocenters. The lowest BCUT2D eigenvalue weighted by Gasteiger charge is -2.06. The molecule has 0 saturated carbocycles. The Morgan fingerprint density at radius 1 is 1.44 bits per heavy atom. The number of nitrogens with zero attached hydrogens (tertiary/aromatic N) is 2. The van der Waals surface area contributed by atoms with Crippen molar-refractivity contribution in [1.29, 1.82) is 5.26 Å². The summed E-state index contributed by atoms with van der Waals surface area (Å²) in [5.41, 5.74) is 0.157. The second-order valence-electron chi connectivity index (χ2n) is 3.68. The summed E-state index contributed by atoms with van der Waals surface area (Å²) in [5.74, 6) is -0.620. The normalized spacial score (nSPS) is 16.9. The van der Waals surface area contributed by atoms with Crippen molar-refractivity contribution in [1.82, 2.24) is 10.2 Å². The molecule has 1 fully saturated rings. The summed E-state index contributed by atoms with van der Waals surface area (Å²) in [6.07, 6.45) is 0. The van der Waals surface area contributed by atoms with Gasteiger partial charge in [0.1, 0.15) is 6.04 Å². The molecule has 0 bridgehead atoms. The first-order valence-electron chi connectivity index (χ1n) is 4.99. The van der Waals surface area contributed by atoms with Gasteiger partial charge < -0.3 is 4.90 Å². The van der Waals surface area contributed by atoms with Crippen molar-refractivity contribution in [3.05, 3.63) is 33.8 Å². The second kappa shape index (κ2) is 4.84. The van der Waals surface area contributed by atoms with Gasteiger partial charge in [0.05, 0.1) is 23.2 Å². The number of imide groups is 1. The van der Waals surface area contributed by atoms with E-state index in [1.165, 1.54) is 23.1 Å². The van der Waals surface area contributed by atoms with Crippen molar-refractivity contribution >= 4 is 35.1 Å². The van der Waals surface area contributed by atoms with Gasteiger partial charge in [-0.1, -0.05) is 23.2 Å². The molecule has 0 aromatic heterocycles. The summed E-state index contributed by atoms with van der Waals surface area (Å²) in [6, 6.07) is 5.21. The molecule has 5 nitrogen and oxygen atoms in total. The van der Waals surface area contributed by atoms with E-state index in [-0.39, 0.29) is 10.6 Å². The molecule has 1 aliphatic rings. The zero-order valence-electron chi connectivity index (χ0n) is 8.98. The molecule has 1 aliphatic heterocycles. The molecular weight excluding hydrogens is 277 g/mol. The Morgan fingerprint density at radius 3 is 2.72 bits per heavy atom. The van der Waals surface area contributed by atoms with Gasteiger partial charge in [-0.25, -0.2) is 4.79 Å². The molecule has 1 aromatic rings. The van der Waals surface area contributed by atoms with Gasteiger partial charge in [-0.15, -0.1) is 0 Å². The van der Waals surface area contributed by atoms with Crippen LogP contribution in [0.25, 0.3) is 0 Å². The SMILES string of the molecule is N#CC1CN1C(=O)NC(=O)c1ccc(Cl)cc1Cl. The molecule has 7 heteroatoms. The van der Waals surface area contributed by atoms with Crippen LogP contribution in [0.4, 0.5) is 4.79 Å². The van der Waals surface area contributed by atoms with Gasteiger partial charge in [0.15, 0.2) is 0 Å². The maximum atomic E-state index is 11.7. The maximum absolute atomic E-state index is 11.7. The van der Waals surface area contributed by atoms with E-state index in [1.807, 2.05) is 6.07 Å². The number of halogens is 2. The number of urea groups is 1. The molecule has 18 heavy (non-hydrogen) atoms. The van der Waals surface area contributed by atoms with Crippen LogP contribution in [0.15, 0.2) is 18.2 Å². The van der Waals surface area contributed by atoms with Gasteiger partial charge in [0.2, 0.25) is 0 Å². The Balaban J connectivity index is 2.04. The number of amides is 3. The van der Waals surface area contributed by atoms with E-state index in [9.17, 15) is 9.59 Å². The fourth-order valence-electron chi connectivity index (χ4n) is 1.38. The van der Waals surface area contributed by atoms with E-state index in [1.54, 1.807) is 0 Å². The molecule has 1 heterocycles.